The van der Waals surface area contributed by atoms with Crippen LogP contribution in [0.15, 0.2) is 30.3 Å². The molecule has 0 radical (unpaired) electrons. The van der Waals surface area contributed by atoms with Crippen molar-refractivity contribution in [1.82, 2.24) is 4.98 Å². The van der Waals surface area contributed by atoms with Gasteiger partial charge in [-0.3, -0.25) is 0 Å². The largest absolute Gasteiger partial charge is 0.392 e. The van der Waals surface area contributed by atoms with Gasteiger partial charge in [-0.2, -0.15) is 0 Å². The third-order valence-electron chi connectivity index (χ3n) is 4.38. The molecule has 2 aromatic rings. The third kappa shape index (κ3) is 2.50. The van der Waals surface area contributed by atoms with Crippen molar-refractivity contribution in [2.24, 2.45) is 5.92 Å². The Balaban J connectivity index is 1.99. The van der Waals surface area contributed by atoms with E-state index in [4.69, 9.17) is 4.98 Å². The fraction of sp³-hybridized carbons (Fsp3) is 0.471. The molecule has 3 heteroatoms. The van der Waals surface area contributed by atoms with Gasteiger partial charge < -0.3 is 10.0 Å². The Hall–Kier alpha value is -1.61. The number of aliphatic hydroxyl groups is 1. The number of anilines is 1. The van der Waals surface area contributed by atoms with Crippen molar-refractivity contribution < 1.29 is 5.11 Å². The molecule has 0 spiro atoms. The van der Waals surface area contributed by atoms with Crippen LogP contribution in [0.4, 0.5) is 5.82 Å². The van der Waals surface area contributed by atoms with Crippen molar-refractivity contribution in [3.63, 3.8) is 0 Å². The van der Waals surface area contributed by atoms with Gasteiger partial charge in [0.05, 0.1) is 12.1 Å². The maximum absolute atomic E-state index is 9.61. The van der Waals surface area contributed by atoms with Crippen LogP contribution in [0.2, 0.25) is 0 Å². The van der Waals surface area contributed by atoms with Crippen LogP contribution in [0.5, 0.6) is 0 Å². The van der Waals surface area contributed by atoms with Crippen LogP contribution >= 0.6 is 0 Å². The van der Waals surface area contributed by atoms with E-state index in [0.717, 1.165) is 41.3 Å². The van der Waals surface area contributed by atoms with Gasteiger partial charge in [-0.05, 0) is 36.5 Å². The SMILES string of the molecule is CCC1CCCN(c2cc(CO)c3ccccc3n2)C1. The van der Waals surface area contributed by atoms with E-state index >= 15 is 0 Å². The second-order valence-electron chi connectivity index (χ2n) is 5.68. The Kier molecular flexibility index (Phi) is 3.88. The number of benzene rings is 1. The van der Waals surface area contributed by atoms with Crippen LogP contribution in [0.3, 0.4) is 0 Å². The smallest absolute Gasteiger partial charge is 0.129 e. The predicted octanol–water partition coefficient (Wildman–Crippen LogP) is 3.35. The molecular weight excluding hydrogens is 248 g/mol. The van der Waals surface area contributed by atoms with Crippen LogP contribution in [-0.4, -0.2) is 23.2 Å². The number of pyridine rings is 1. The molecule has 1 aromatic heterocycles. The molecule has 1 aromatic carbocycles. The quantitative estimate of drug-likeness (QED) is 0.929. The van der Waals surface area contributed by atoms with Crippen LogP contribution in [0, 0.1) is 5.92 Å². The first-order chi connectivity index (χ1) is 9.81. The molecule has 0 bridgehead atoms. The number of piperidine rings is 1. The number of nitrogens with zero attached hydrogens (tertiary/aromatic N) is 2. The predicted molar refractivity (Wildman–Crippen MR) is 82.9 cm³/mol. The van der Waals surface area contributed by atoms with Gasteiger partial charge in [0.25, 0.3) is 0 Å². The standard InChI is InChI=1S/C17H22N2O/c1-2-13-6-5-9-19(11-13)17-10-14(12-20)15-7-3-4-8-16(15)18-17/h3-4,7-8,10,13,20H,2,5-6,9,11-12H2,1H3. The number of aliphatic hydroxyl groups excluding tert-OH is 1. The first kappa shape index (κ1) is 13.4. The van der Waals surface area contributed by atoms with Crippen molar-refractivity contribution in [1.29, 1.82) is 0 Å². The van der Waals surface area contributed by atoms with Gasteiger partial charge in [-0.15, -0.1) is 0 Å². The average molecular weight is 270 g/mol. The van der Waals surface area contributed by atoms with E-state index in [2.05, 4.69) is 17.9 Å². The van der Waals surface area contributed by atoms with E-state index in [0.29, 0.717) is 0 Å². The zero-order valence-corrected chi connectivity index (χ0v) is 12.0. The van der Waals surface area contributed by atoms with Gasteiger partial charge in [0.1, 0.15) is 5.82 Å². The molecule has 1 fully saturated rings. The summed E-state index contributed by atoms with van der Waals surface area (Å²) in [4.78, 5) is 7.17. The van der Waals surface area contributed by atoms with E-state index in [1.54, 1.807) is 0 Å². The van der Waals surface area contributed by atoms with Gasteiger partial charge in [0, 0.05) is 18.5 Å². The van der Waals surface area contributed by atoms with Crippen molar-refractivity contribution in [2.75, 3.05) is 18.0 Å². The monoisotopic (exact) mass is 270 g/mol. The topological polar surface area (TPSA) is 36.4 Å². The maximum Gasteiger partial charge on any atom is 0.129 e. The molecular formula is C17H22N2O. The Morgan fingerprint density at radius 2 is 2.20 bits per heavy atom. The van der Waals surface area contributed by atoms with Gasteiger partial charge in [0.15, 0.2) is 0 Å². The summed E-state index contributed by atoms with van der Waals surface area (Å²) in [5, 5.41) is 10.7. The Bertz CT molecular complexity index is 597. The summed E-state index contributed by atoms with van der Waals surface area (Å²) in [6.07, 6.45) is 3.80. The normalized spacial score (nSPS) is 19.5. The number of rotatable bonds is 3. The molecule has 1 aliphatic heterocycles. The molecule has 106 valence electrons. The van der Waals surface area contributed by atoms with E-state index in [9.17, 15) is 5.11 Å². The lowest BCUT2D eigenvalue weighted by molar-refractivity contribution is 0.283. The van der Waals surface area contributed by atoms with E-state index < -0.39 is 0 Å². The van der Waals surface area contributed by atoms with Gasteiger partial charge >= 0.3 is 0 Å². The summed E-state index contributed by atoms with van der Waals surface area (Å²) >= 11 is 0. The summed E-state index contributed by atoms with van der Waals surface area (Å²) in [7, 11) is 0. The second kappa shape index (κ2) is 5.80. The number of para-hydroxylation sites is 1. The minimum atomic E-state index is 0.0705. The summed E-state index contributed by atoms with van der Waals surface area (Å²) in [5.41, 5.74) is 1.96. The summed E-state index contributed by atoms with van der Waals surface area (Å²) in [6, 6.07) is 10.1. The highest BCUT2D eigenvalue weighted by Gasteiger charge is 2.20. The highest BCUT2D eigenvalue weighted by atomic mass is 16.3. The highest BCUT2D eigenvalue weighted by molar-refractivity contribution is 5.84. The van der Waals surface area contributed by atoms with Crippen LogP contribution in [0.1, 0.15) is 31.7 Å². The molecule has 1 aliphatic rings. The Morgan fingerprint density at radius 3 is 3.00 bits per heavy atom. The van der Waals surface area contributed by atoms with Gasteiger partial charge in [-0.1, -0.05) is 31.5 Å². The molecule has 1 unspecified atom stereocenters. The fourth-order valence-corrected chi connectivity index (χ4v) is 3.13. The zero-order valence-electron chi connectivity index (χ0n) is 12.0. The Labute approximate surface area is 120 Å². The minimum absolute atomic E-state index is 0.0705. The lowest BCUT2D eigenvalue weighted by Gasteiger charge is -2.33. The maximum atomic E-state index is 9.61. The molecule has 0 aliphatic carbocycles. The summed E-state index contributed by atoms with van der Waals surface area (Å²) < 4.78 is 0. The Morgan fingerprint density at radius 1 is 1.35 bits per heavy atom. The van der Waals surface area contributed by atoms with Crippen LogP contribution < -0.4 is 4.90 Å². The third-order valence-corrected chi connectivity index (χ3v) is 4.38. The van der Waals surface area contributed by atoms with Crippen LogP contribution in [0.25, 0.3) is 10.9 Å². The molecule has 20 heavy (non-hydrogen) atoms. The molecule has 3 nitrogen and oxygen atoms in total. The van der Waals surface area contributed by atoms with Crippen molar-refractivity contribution in [3.05, 3.63) is 35.9 Å². The highest BCUT2D eigenvalue weighted by Crippen LogP contribution is 2.27. The fourth-order valence-electron chi connectivity index (χ4n) is 3.13. The first-order valence-corrected chi connectivity index (χ1v) is 7.56. The average Bonchev–Trinajstić information content (AvgIpc) is 2.53. The number of hydrogen-bond donors (Lipinski definition) is 1. The molecule has 0 amide bonds. The number of fused-ring (bicyclic) bond motifs is 1. The number of hydrogen-bond acceptors (Lipinski definition) is 3. The van der Waals surface area contributed by atoms with E-state index in [1.807, 2.05) is 24.3 Å². The van der Waals surface area contributed by atoms with E-state index in [1.165, 1.54) is 19.3 Å². The van der Waals surface area contributed by atoms with Crippen LogP contribution in [-0.2, 0) is 6.61 Å². The molecule has 1 atom stereocenters. The minimum Gasteiger partial charge on any atom is -0.392 e. The number of aromatic nitrogens is 1. The van der Waals surface area contributed by atoms with Crippen molar-refractivity contribution in [2.45, 2.75) is 32.8 Å². The molecule has 0 saturated carbocycles. The zero-order chi connectivity index (χ0) is 13.9. The molecule has 3 rings (SSSR count). The summed E-state index contributed by atoms with van der Waals surface area (Å²) in [5.74, 6) is 1.79. The molecule has 2 heterocycles. The molecule has 1 saturated heterocycles. The molecule has 1 N–H and O–H groups in total. The first-order valence-electron chi connectivity index (χ1n) is 7.56. The van der Waals surface area contributed by atoms with Gasteiger partial charge in [0.2, 0.25) is 0 Å². The lowest BCUT2D eigenvalue weighted by atomic mass is 9.95. The van der Waals surface area contributed by atoms with Crippen molar-refractivity contribution in [3.8, 4) is 0 Å². The van der Waals surface area contributed by atoms with Gasteiger partial charge in [-0.25, -0.2) is 4.98 Å². The lowest BCUT2D eigenvalue weighted by Crippen LogP contribution is -2.35. The van der Waals surface area contributed by atoms with E-state index in [-0.39, 0.29) is 6.61 Å². The second-order valence-corrected chi connectivity index (χ2v) is 5.68. The van der Waals surface area contributed by atoms with Crippen molar-refractivity contribution >= 4 is 16.7 Å². The summed E-state index contributed by atoms with van der Waals surface area (Å²) in [6.45, 7) is 4.50.